The van der Waals surface area contributed by atoms with E-state index in [4.69, 9.17) is 10.5 Å². The van der Waals surface area contributed by atoms with Crippen LogP contribution in [0, 0.1) is 0 Å². The summed E-state index contributed by atoms with van der Waals surface area (Å²) in [7, 11) is 1.16. The van der Waals surface area contributed by atoms with Gasteiger partial charge in [0, 0.05) is 17.3 Å². The summed E-state index contributed by atoms with van der Waals surface area (Å²) in [6.45, 7) is -1.53. The lowest BCUT2D eigenvalue weighted by Gasteiger charge is -2.15. The fourth-order valence-corrected chi connectivity index (χ4v) is 1.18. The van der Waals surface area contributed by atoms with E-state index in [0.29, 0.717) is 0 Å². The molecular formula is C10H9F3NO4-. The highest BCUT2D eigenvalue weighted by atomic mass is 19.4. The number of nitrogens with two attached hydrogens (primary N) is 1. The van der Waals surface area contributed by atoms with Gasteiger partial charge in [0.05, 0.1) is 13.1 Å². The lowest BCUT2D eigenvalue weighted by atomic mass is 10.1. The number of alkyl halides is 3. The predicted octanol–water partition coefficient (Wildman–Crippen LogP) is 0.582. The first-order valence-electron chi connectivity index (χ1n) is 4.63. The first kappa shape index (κ1) is 13.9. The van der Waals surface area contributed by atoms with Crippen molar-refractivity contribution in [2.75, 3.05) is 19.5 Å². The molecule has 0 aromatic heterocycles. The van der Waals surface area contributed by atoms with E-state index < -0.39 is 18.8 Å². The highest BCUT2D eigenvalue weighted by Crippen LogP contribution is 2.33. The van der Waals surface area contributed by atoms with Gasteiger partial charge >= 0.3 is 6.18 Å². The van der Waals surface area contributed by atoms with Crippen LogP contribution in [0.15, 0.2) is 12.1 Å². The molecule has 0 spiro atoms. The zero-order valence-electron chi connectivity index (χ0n) is 9.21. The molecule has 0 heterocycles. The molecule has 18 heavy (non-hydrogen) atoms. The van der Waals surface area contributed by atoms with Gasteiger partial charge in [-0.1, -0.05) is 0 Å². The topological polar surface area (TPSA) is 84.6 Å². The number of benzene rings is 1. The maximum Gasteiger partial charge on any atom is 0.422 e. The number of anilines is 1. The summed E-state index contributed by atoms with van der Waals surface area (Å²) in [5, 5.41) is 10.7. The van der Waals surface area contributed by atoms with Crippen molar-refractivity contribution in [3.63, 3.8) is 0 Å². The molecule has 100 valence electrons. The van der Waals surface area contributed by atoms with Crippen LogP contribution >= 0.6 is 0 Å². The first-order valence-corrected chi connectivity index (χ1v) is 4.63. The van der Waals surface area contributed by atoms with Crippen molar-refractivity contribution in [1.82, 2.24) is 0 Å². The van der Waals surface area contributed by atoms with E-state index >= 15 is 0 Å². The zero-order chi connectivity index (χ0) is 13.9. The second-order valence-electron chi connectivity index (χ2n) is 3.28. The largest absolute Gasteiger partial charge is 0.545 e. The van der Waals surface area contributed by atoms with Crippen LogP contribution in [0.3, 0.4) is 0 Å². The quantitative estimate of drug-likeness (QED) is 0.804. The Morgan fingerprint density at radius 3 is 2.44 bits per heavy atom. The third-order valence-electron chi connectivity index (χ3n) is 1.95. The van der Waals surface area contributed by atoms with E-state index in [1.165, 1.54) is 0 Å². The third-order valence-corrected chi connectivity index (χ3v) is 1.95. The van der Waals surface area contributed by atoms with E-state index in [9.17, 15) is 23.1 Å². The molecule has 1 rings (SSSR count). The van der Waals surface area contributed by atoms with Gasteiger partial charge in [0.2, 0.25) is 0 Å². The SMILES string of the molecule is COc1cc(C(=O)[O-])c(N)cc1OCC(F)(F)F. The average molecular weight is 264 g/mol. The Hall–Kier alpha value is -2.12. The maximum absolute atomic E-state index is 12.0. The Kier molecular flexibility index (Phi) is 3.89. The van der Waals surface area contributed by atoms with Crippen molar-refractivity contribution in [3.05, 3.63) is 17.7 Å². The van der Waals surface area contributed by atoms with Crippen LogP contribution in [-0.2, 0) is 0 Å². The van der Waals surface area contributed by atoms with E-state index in [1.807, 2.05) is 0 Å². The number of carboxylic acid groups (broad SMARTS) is 1. The number of hydrogen-bond donors (Lipinski definition) is 1. The molecular weight excluding hydrogens is 255 g/mol. The maximum atomic E-state index is 12.0. The van der Waals surface area contributed by atoms with E-state index in [2.05, 4.69) is 4.74 Å². The lowest BCUT2D eigenvalue weighted by molar-refractivity contribution is -0.254. The molecule has 0 saturated heterocycles. The van der Waals surface area contributed by atoms with Crippen molar-refractivity contribution in [1.29, 1.82) is 0 Å². The number of methoxy groups -OCH3 is 1. The first-order chi connectivity index (χ1) is 8.24. The Bertz CT molecular complexity index is 459. The summed E-state index contributed by atoms with van der Waals surface area (Å²) < 4.78 is 45.1. The van der Waals surface area contributed by atoms with Gasteiger partial charge in [0.15, 0.2) is 18.1 Å². The van der Waals surface area contributed by atoms with Crippen LogP contribution in [0.4, 0.5) is 18.9 Å². The average Bonchev–Trinajstić information content (AvgIpc) is 2.24. The molecule has 0 radical (unpaired) electrons. The standard InChI is InChI=1S/C10H10F3NO4/c1-17-7-2-5(9(15)16)6(14)3-8(7)18-4-10(11,12)13/h2-3H,4,14H2,1H3,(H,15,16)/p-1. The minimum Gasteiger partial charge on any atom is -0.545 e. The van der Waals surface area contributed by atoms with E-state index in [-0.39, 0.29) is 22.7 Å². The molecule has 0 aliphatic rings. The second-order valence-corrected chi connectivity index (χ2v) is 3.28. The number of carbonyl (C=O) groups is 1. The molecule has 2 N–H and O–H groups in total. The number of nitrogen functional groups attached to an aromatic ring is 1. The van der Waals surface area contributed by atoms with Gasteiger partial charge in [-0.05, 0) is 6.07 Å². The monoisotopic (exact) mass is 264 g/mol. The van der Waals surface area contributed by atoms with Gasteiger partial charge < -0.3 is 25.1 Å². The second kappa shape index (κ2) is 5.03. The summed E-state index contributed by atoms with van der Waals surface area (Å²) >= 11 is 0. The van der Waals surface area contributed by atoms with Crippen molar-refractivity contribution >= 4 is 11.7 Å². The van der Waals surface area contributed by atoms with Gasteiger partial charge in [0.1, 0.15) is 0 Å². The Labute approximate surface area is 99.9 Å². The Balaban J connectivity index is 3.05. The van der Waals surface area contributed by atoms with Crippen LogP contribution in [0.2, 0.25) is 0 Å². The van der Waals surface area contributed by atoms with Crippen LogP contribution in [0.1, 0.15) is 10.4 Å². The van der Waals surface area contributed by atoms with Crippen molar-refractivity contribution in [2.24, 2.45) is 0 Å². The number of carbonyl (C=O) groups excluding carboxylic acids is 1. The molecule has 0 aliphatic heterocycles. The number of carboxylic acids is 1. The summed E-state index contributed by atoms with van der Waals surface area (Å²) in [5.41, 5.74) is 4.69. The minimum atomic E-state index is -4.52. The Morgan fingerprint density at radius 2 is 2.00 bits per heavy atom. The number of ether oxygens (including phenoxy) is 2. The van der Waals surface area contributed by atoms with Crippen molar-refractivity contribution in [3.8, 4) is 11.5 Å². The van der Waals surface area contributed by atoms with Gasteiger partial charge in [-0.3, -0.25) is 0 Å². The number of halogens is 3. The van der Waals surface area contributed by atoms with E-state index in [0.717, 1.165) is 19.2 Å². The van der Waals surface area contributed by atoms with Crippen LogP contribution in [-0.4, -0.2) is 25.9 Å². The molecule has 0 atom stereocenters. The van der Waals surface area contributed by atoms with Crippen LogP contribution in [0.25, 0.3) is 0 Å². The summed E-state index contributed by atoms with van der Waals surface area (Å²) in [4.78, 5) is 10.7. The fraction of sp³-hybridized carbons (Fsp3) is 0.300. The molecule has 5 nitrogen and oxygen atoms in total. The molecule has 0 amide bonds. The molecule has 1 aromatic rings. The molecule has 0 bridgehead atoms. The minimum absolute atomic E-state index is 0.173. The molecule has 0 aliphatic carbocycles. The van der Waals surface area contributed by atoms with Gasteiger partial charge in [-0.2, -0.15) is 13.2 Å². The molecule has 1 aromatic carbocycles. The third kappa shape index (κ3) is 3.44. The summed E-state index contributed by atoms with van der Waals surface area (Å²) in [5.74, 6) is -2.03. The Morgan fingerprint density at radius 1 is 1.39 bits per heavy atom. The highest BCUT2D eigenvalue weighted by Gasteiger charge is 2.29. The zero-order valence-corrected chi connectivity index (χ0v) is 9.21. The van der Waals surface area contributed by atoms with E-state index in [1.54, 1.807) is 0 Å². The van der Waals surface area contributed by atoms with Gasteiger partial charge in [0.25, 0.3) is 0 Å². The predicted molar refractivity (Wildman–Crippen MR) is 53.3 cm³/mol. The van der Waals surface area contributed by atoms with Gasteiger partial charge in [-0.25, -0.2) is 0 Å². The smallest absolute Gasteiger partial charge is 0.422 e. The number of hydrogen-bond acceptors (Lipinski definition) is 5. The normalized spacial score (nSPS) is 11.1. The van der Waals surface area contributed by atoms with Crippen LogP contribution < -0.4 is 20.3 Å². The lowest BCUT2D eigenvalue weighted by Crippen LogP contribution is -2.24. The molecule has 0 unspecified atom stereocenters. The molecule has 0 saturated carbocycles. The van der Waals surface area contributed by atoms with Crippen molar-refractivity contribution < 1.29 is 32.5 Å². The van der Waals surface area contributed by atoms with Gasteiger partial charge in [-0.15, -0.1) is 0 Å². The molecule has 0 fully saturated rings. The van der Waals surface area contributed by atoms with Crippen molar-refractivity contribution in [2.45, 2.75) is 6.18 Å². The number of rotatable bonds is 4. The number of aromatic carboxylic acids is 1. The highest BCUT2D eigenvalue weighted by molar-refractivity contribution is 5.93. The molecule has 8 heteroatoms. The summed E-state index contributed by atoms with van der Waals surface area (Å²) in [6, 6.07) is 1.88. The fourth-order valence-electron chi connectivity index (χ4n) is 1.18. The van der Waals surface area contributed by atoms with Crippen LogP contribution in [0.5, 0.6) is 11.5 Å². The summed E-state index contributed by atoms with van der Waals surface area (Å²) in [6.07, 6.45) is -4.52.